The standard InChI is InChI=1S/C18H17ClN2S/c1-2-6-16-17(13-7-4-3-5-8-13)21-18(22-16)20-15-11-9-14(19)10-12-15/h3-5,7-12H,2,6H2,1H3,(H,20,21). The molecule has 0 saturated carbocycles. The topological polar surface area (TPSA) is 24.9 Å². The summed E-state index contributed by atoms with van der Waals surface area (Å²) >= 11 is 7.65. The minimum Gasteiger partial charge on any atom is -0.332 e. The van der Waals surface area contributed by atoms with Crippen LogP contribution in [0, 0.1) is 0 Å². The monoisotopic (exact) mass is 328 g/mol. The van der Waals surface area contributed by atoms with Crippen molar-refractivity contribution < 1.29 is 0 Å². The van der Waals surface area contributed by atoms with Crippen molar-refractivity contribution in [2.45, 2.75) is 19.8 Å². The van der Waals surface area contributed by atoms with Gasteiger partial charge >= 0.3 is 0 Å². The van der Waals surface area contributed by atoms with Gasteiger partial charge in [-0.25, -0.2) is 4.98 Å². The number of nitrogens with one attached hydrogen (secondary N) is 1. The van der Waals surface area contributed by atoms with Gasteiger partial charge in [0.2, 0.25) is 0 Å². The fraction of sp³-hybridized carbons (Fsp3) is 0.167. The maximum Gasteiger partial charge on any atom is 0.187 e. The lowest BCUT2D eigenvalue weighted by Gasteiger charge is -2.01. The largest absolute Gasteiger partial charge is 0.332 e. The van der Waals surface area contributed by atoms with Crippen LogP contribution < -0.4 is 5.32 Å². The molecule has 0 radical (unpaired) electrons. The highest BCUT2D eigenvalue weighted by atomic mass is 35.5. The predicted molar refractivity (Wildman–Crippen MR) is 96.3 cm³/mol. The van der Waals surface area contributed by atoms with Crippen LogP contribution >= 0.6 is 22.9 Å². The van der Waals surface area contributed by atoms with E-state index in [1.807, 2.05) is 30.3 Å². The minimum absolute atomic E-state index is 0.737. The first-order valence-corrected chi connectivity index (χ1v) is 8.53. The van der Waals surface area contributed by atoms with E-state index in [4.69, 9.17) is 16.6 Å². The van der Waals surface area contributed by atoms with Crippen molar-refractivity contribution in [2.24, 2.45) is 0 Å². The van der Waals surface area contributed by atoms with E-state index in [0.717, 1.165) is 34.4 Å². The molecule has 0 atom stereocenters. The lowest BCUT2D eigenvalue weighted by molar-refractivity contribution is 0.938. The molecular formula is C18H17ClN2S. The smallest absolute Gasteiger partial charge is 0.187 e. The normalized spacial score (nSPS) is 10.6. The maximum absolute atomic E-state index is 5.92. The molecule has 4 heteroatoms. The van der Waals surface area contributed by atoms with Gasteiger partial charge in [-0.05, 0) is 30.7 Å². The molecule has 0 aliphatic carbocycles. The Labute approximate surface area is 139 Å². The molecule has 3 aromatic rings. The van der Waals surface area contributed by atoms with Gasteiger partial charge in [0.15, 0.2) is 5.13 Å². The molecule has 1 aromatic heterocycles. The van der Waals surface area contributed by atoms with Crippen LogP contribution in [0.15, 0.2) is 54.6 Å². The summed E-state index contributed by atoms with van der Waals surface area (Å²) in [6.07, 6.45) is 2.16. The van der Waals surface area contributed by atoms with Crippen LogP contribution in [0.3, 0.4) is 0 Å². The van der Waals surface area contributed by atoms with Crippen LogP contribution in [-0.2, 0) is 6.42 Å². The summed E-state index contributed by atoms with van der Waals surface area (Å²) in [5.74, 6) is 0. The first-order valence-electron chi connectivity index (χ1n) is 7.34. The summed E-state index contributed by atoms with van der Waals surface area (Å²) in [4.78, 5) is 6.12. The Morgan fingerprint density at radius 2 is 1.77 bits per heavy atom. The van der Waals surface area contributed by atoms with Crippen LogP contribution in [0.25, 0.3) is 11.3 Å². The van der Waals surface area contributed by atoms with Gasteiger partial charge in [0.25, 0.3) is 0 Å². The Kier molecular flexibility index (Phi) is 4.76. The zero-order chi connectivity index (χ0) is 15.4. The minimum atomic E-state index is 0.737. The van der Waals surface area contributed by atoms with Crippen molar-refractivity contribution in [2.75, 3.05) is 5.32 Å². The van der Waals surface area contributed by atoms with E-state index in [-0.39, 0.29) is 0 Å². The number of nitrogens with zero attached hydrogens (tertiary/aromatic N) is 1. The van der Waals surface area contributed by atoms with E-state index >= 15 is 0 Å². The van der Waals surface area contributed by atoms with Crippen molar-refractivity contribution in [1.29, 1.82) is 0 Å². The second-order valence-electron chi connectivity index (χ2n) is 5.04. The Bertz CT molecular complexity index is 736. The van der Waals surface area contributed by atoms with Crippen LogP contribution in [0.2, 0.25) is 5.02 Å². The molecule has 0 fully saturated rings. The molecular weight excluding hydrogens is 312 g/mol. The molecule has 2 aromatic carbocycles. The Balaban J connectivity index is 1.91. The summed E-state index contributed by atoms with van der Waals surface area (Å²) < 4.78 is 0. The van der Waals surface area contributed by atoms with E-state index in [0.29, 0.717) is 0 Å². The molecule has 0 amide bonds. The molecule has 112 valence electrons. The van der Waals surface area contributed by atoms with Crippen molar-refractivity contribution >= 4 is 33.8 Å². The van der Waals surface area contributed by atoms with Gasteiger partial charge in [0.1, 0.15) is 0 Å². The predicted octanol–water partition coefficient (Wildman–Crippen LogP) is 6.16. The number of hydrogen-bond acceptors (Lipinski definition) is 3. The first kappa shape index (κ1) is 15.1. The van der Waals surface area contributed by atoms with Gasteiger partial charge in [-0.1, -0.05) is 55.3 Å². The molecule has 0 bridgehead atoms. The van der Waals surface area contributed by atoms with E-state index in [1.165, 1.54) is 10.4 Å². The van der Waals surface area contributed by atoms with Gasteiger partial charge in [-0.3, -0.25) is 0 Å². The van der Waals surface area contributed by atoms with Crippen LogP contribution in [0.5, 0.6) is 0 Å². The number of hydrogen-bond donors (Lipinski definition) is 1. The third-order valence-corrected chi connectivity index (χ3v) is 4.60. The average Bonchev–Trinajstić information content (AvgIpc) is 2.93. The lowest BCUT2D eigenvalue weighted by atomic mass is 10.1. The van der Waals surface area contributed by atoms with E-state index in [1.54, 1.807) is 11.3 Å². The van der Waals surface area contributed by atoms with Gasteiger partial charge in [0.05, 0.1) is 5.69 Å². The molecule has 0 aliphatic heterocycles. The van der Waals surface area contributed by atoms with Gasteiger partial charge in [0, 0.05) is 21.2 Å². The van der Waals surface area contributed by atoms with Crippen LogP contribution in [0.1, 0.15) is 18.2 Å². The Morgan fingerprint density at radius 3 is 2.45 bits per heavy atom. The number of benzene rings is 2. The molecule has 0 aliphatic rings. The highest BCUT2D eigenvalue weighted by Crippen LogP contribution is 2.33. The lowest BCUT2D eigenvalue weighted by Crippen LogP contribution is -1.89. The molecule has 0 spiro atoms. The van der Waals surface area contributed by atoms with Crippen molar-refractivity contribution in [3.05, 3.63) is 64.5 Å². The van der Waals surface area contributed by atoms with Gasteiger partial charge in [-0.15, -0.1) is 11.3 Å². The Hall–Kier alpha value is -1.84. The quantitative estimate of drug-likeness (QED) is 0.606. The molecule has 0 saturated heterocycles. The fourth-order valence-corrected chi connectivity index (χ4v) is 3.51. The highest BCUT2D eigenvalue weighted by Gasteiger charge is 2.12. The summed E-state index contributed by atoms with van der Waals surface area (Å²) in [6.45, 7) is 2.20. The molecule has 22 heavy (non-hydrogen) atoms. The molecule has 3 rings (SSSR count). The Morgan fingerprint density at radius 1 is 1.05 bits per heavy atom. The molecule has 2 nitrogen and oxygen atoms in total. The van der Waals surface area contributed by atoms with Crippen molar-refractivity contribution in [3.8, 4) is 11.3 Å². The molecule has 1 heterocycles. The van der Waals surface area contributed by atoms with E-state index in [9.17, 15) is 0 Å². The second-order valence-corrected chi connectivity index (χ2v) is 6.56. The maximum atomic E-state index is 5.92. The number of thiazole rings is 1. The highest BCUT2D eigenvalue weighted by molar-refractivity contribution is 7.16. The molecule has 1 N–H and O–H groups in total. The molecule has 0 unspecified atom stereocenters. The first-order chi connectivity index (χ1) is 10.8. The van der Waals surface area contributed by atoms with E-state index < -0.39 is 0 Å². The third kappa shape index (κ3) is 3.49. The number of aryl methyl sites for hydroxylation is 1. The van der Waals surface area contributed by atoms with Gasteiger partial charge < -0.3 is 5.32 Å². The zero-order valence-electron chi connectivity index (χ0n) is 12.3. The summed E-state index contributed by atoms with van der Waals surface area (Å²) in [6, 6.07) is 18.0. The number of aromatic nitrogens is 1. The summed E-state index contributed by atoms with van der Waals surface area (Å²) in [7, 11) is 0. The fourth-order valence-electron chi connectivity index (χ4n) is 2.28. The average molecular weight is 329 g/mol. The summed E-state index contributed by atoms with van der Waals surface area (Å²) in [5.41, 5.74) is 3.26. The second kappa shape index (κ2) is 6.95. The van der Waals surface area contributed by atoms with Crippen molar-refractivity contribution in [1.82, 2.24) is 4.98 Å². The summed E-state index contributed by atoms with van der Waals surface area (Å²) in [5, 5.41) is 5.03. The van der Waals surface area contributed by atoms with Crippen LogP contribution in [-0.4, -0.2) is 4.98 Å². The van der Waals surface area contributed by atoms with E-state index in [2.05, 4.69) is 36.5 Å². The number of rotatable bonds is 5. The number of anilines is 2. The van der Waals surface area contributed by atoms with Crippen molar-refractivity contribution in [3.63, 3.8) is 0 Å². The zero-order valence-corrected chi connectivity index (χ0v) is 13.9. The number of halogens is 1. The SMILES string of the molecule is CCCc1sc(Nc2ccc(Cl)cc2)nc1-c1ccccc1. The van der Waals surface area contributed by atoms with Crippen LogP contribution in [0.4, 0.5) is 10.8 Å². The third-order valence-electron chi connectivity index (χ3n) is 3.32. The van der Waals surface area contributed by atoms with Gasteiger partial charge in [-0.2, -0.15) is 0 Å².